The van der Waals surface area contributed by atoms with E-state index < -0.39 is 0 Å². The molecule has 0 saturated heterocycles. The number of aliphatic imine (C=N–C) groups is 1. The van der Waals surface area contributed by atoms with E-state index in [2.05, 4.69) is 62.0 Å². The Hall–Kier alpha value is -0.0800. The highest BCUT2D eigenvalue weighted by Gasteiger charge is 2.07. The van der Waals surface area contributed by atoms with Crippen LogP contribution in [0.2, 0.25) is 0 Å². The van der Waals surface area contributed by atoms with Gasteiger partial charge in [-0.1, -0.05) is 27.7 Å². The monoisotopic (exact) mass is 469 g/mol. The van der Waals surface area contributed by atoms with Gasteiger partial charge in [-0.25, -0.2) is 0 Å². The number of likely N-dealkylation sites (N-methyl/N-ethyl adjacent to an activating group) is 1. The van der Waals surface area contributed by atoms with Crippen LogP contribution in [0.15, 0.2) is 4.99 Å². The first-order valence-corrected chi connectivity index (χ1v) is 10.1. The van der Waals surface area contributed by atoms with Crippen LogP contribution in [0.1, 0.15) is 60.8 Å². The lowest BCUT2D eigenvalue weighted by Crippen LogP contribution is -2.43. The highest BCUT2D eigenvalue weighted by Crippen LogP contribution is 2.00. The van der Waals surface area contributed by atoms with Crippen molar-refractivity contribution < 1.29 is 0 Å². The van der Waals surface area contributed by atoms with E-state index in [9.17, 15) is 0 Å². The van der Waals surface area contributed by atoms with Crippen molar-refractivity contribution in [2.24, 2.45) is 4.99 Å². The molecule has 0 fully saturated rings. The Morgan fingerprint density at radius 1 is 0.920 bits per heavy atom. The smallest absolute Gasteiger partial charge is 0.191 e. The van der Waals surface area contributed by atoms with Crippen LogP contribution in [-0.2, 0) is 0 Å². The Morgan fingerprint density at radius 2 is 1.56 bits per heavy atom. The topological polar surface area (TPSA) is 42.9 Å². The Bertz CT molecular complexity index is 308. The van der Waals surface area contributed by atoms with Gasteiger partial charge in [0.05, 0.1) is 6.54 Å². The molecule has 1 unspecified atom stereocenters. The van der Waals surface area contributed by atoms with Crippen molar-refractivity contribution in [1.29, 1.82) is 0 Å². The lowest BCUT2D eigenvalue weighted by molar-refractivity contribution is 0.292. The van der Waals surface area contributed by atoms with E-state index in [0.717, 1.165) is 51.8 Å². The summed E-state index contributed by atoms with van der Waals surface area (Å²) in [6.45, 7) is 21.9. The van der Waals surface area contributed by atoms with Crippen LogP contribution in [0.5, 0.6) is 0 Å². The van der Waals surface area contributed by atoms with Crippen LogP contribution in [0.25, 0.3) is 0 Å². The van der Waals surface area contributed by atoms with Gasteiger partial charge in [-0.2, -0.15) is 0 Å². The molecule has 25 heavy (non-hydrogen) atoms. The van der Waals surface area contributed by atoms with E-state index >= 15 is 0 Å². The zero-order valence-electron chi connectivity index (χ0n) is 17.6. The minimum Gasteiger partial charge on any atom is -0.357 e. The first-order valence-electron chi connectivity index (χ1n) is 10.1. The molecule has 0 rings (SSSR count). The van der Waals surface area contributed by atoms with Gasteiger partial charge in [0, 0.05) is 19.1 Å². The van der Waals surface area contributed by atoms with Gasteiger partial charge in [0.25, 0.3) is 0 Å². The second-order valence-electron chi connectivity index (χ2n) is 6.41. The number of guanidine groups is 1. The summed E-state index contributed by atoms with van der Waals surface area (Å²) in [6, 6.07) is 0.455. The van der Waals surface area contributed by atoms with Gasteiger partial charge in [0.15, 0.2) is 5.96 Å². The van der Waals surface area contributed by atoms with Crippen molar-refractivity contribution in [1.82, 2.24) is 20.4 Å². The van der Waals surface area contributed by atoms with Crippen LogP contribution in [-0.4, -0.2) is 74.2 Å². The number of nitrogens with one attached hydrogen (secondary N) is 2. The van der Waals surface area contributed by atoms with E-state index in [-0.39, 0.29) is 24.0 Å². The van der Waals surface area contributed by atoms with Crippen molar-refractivity contribution >= 4 is 29.9 Å². The summed E-state index contributed by atoms with van der Waals surface area (Å²) in [7, 11) is 0. The Labute approximate surface area is 174 Å². The lowest BCUT2D eigenvalue weighted by Gasteiger charge is -2.22. The largest absolute Gasteiger partial charge is 0.357 e. The molecule has 0 saturated carbocycles. The maximum atomic E-state index is 4.74. The quantitative estimate of drug-likeness (QED) is 0.233. The Kier molecular flexibility index (Phi) is 20.3. The average molecular weight is 470 g/mol. The van der Waals surface area contributed by atoms with Crippen LogP contribution in [0, 0.1) is 0 Å². The van der Waals surface area contributed by atoms with Gasteiger partial charge in [-0.05, 0) is 65.8 Å². The Balaban J connectivity index is 0. The molecule has 0 aliphatic rings. The molecule has 0 radical (unpaired) electrons. The molecule has 0 bridgehead atoms. The molecule has 0 aliphatic carbocycles. The average Bonchev–Trinajstić information content (AvgIpc) is 2.58. The predicted octanol–water partition coefficient (Wildman–Crippen LogP) is 3.40. The maximum Gasteiger partial charge on any atom is 0.191 e. The van der Waals surface area contributed by atoms with Crippen LogP contribution >= 0.6 is 24.0 Å². The van der Waals surface area contributed by atoms with E-state index in [1.165, 1.54) is 25.8 Å². The third-order valence-corrected chi connectivity index (χ3v) is 4.41. The van der Waals surface area contributed by atoms with Crippen molar-refractivity contribution in [2.45, 2.75) is 66.8 Å². The molecule has 1 atom stereocenters. The highest BCUT2D eigenvalue weighted by atomic mass is 127. The van der Waals surface area contributed by atoms with E-state index in [4.69, 9.17) is 4.99 Å². The summed E-state index contributed by atoms with van der Waals surface area (Å²) in [5, 5.41) is 6.92. The zero-order valence-corrected chi connectivity index (χ0v) is 19.9. The summed E-state index contributed by atoms with van der Waals surface area (Å²) in [5.41, 5.74) is 0. The molecular formula is C19H44IN5. The second kappa shape index (κ2) is 18.7. The van der Waals surface area contributed by atoms with Crippen molar-refractivity contribution in [3.8, 4) is 0 Å². The molecule has 2 N–H and O–H groups in total. The van der Waals surface area contributed by atoms with Crippen molar-refractivity contribution in [3.05, 3.63) is 0 Å². The molecule has 0 aromatic heterocycles. The summed E-state index contributed by atoms with van der Waals surface area (Å²) in [6.07, 6.45) is 3.62. The molecule has 5 nitrogen and oxygen atoms in total. The minimum absolute atomic E-state index is 0. The summed E-state index contributed by atoms with van der Waals surface area (Å²) < 4.78 is 0. The van der Waals surface area contributed by atoms with E-state index in [0.29, 0.717) is 6.04 Å². The van der Waals surface area contributed by atoms with Crippen LogP contribution in [0.4, 0.5) is 0 Å². The second-order valence-corrected chi connectivity index (χ2v) is 6.41. The third-order valence-electron chi connectivity index (χ3n) is 4.41. The molecule has 0 aromatic carbocycles. The Morgan fingerprint density at radius 3 is 2.08 bits per heavy atom. The molecule has 152 valence electrons. The number of nitrogens with zero attached hydrogens (tertiary/aromatic N) is 3. The third kappa shape index (κ3) is 14.7. The molecule has 0 amide bonds. The maximum absolute atomic E-state index is 4.74. The first-order chi connectivity index (χ1) is 11.6. The normalized spacial score (nSPS) is 13.0. The van der Waals surface area contributed by atoms with Gasteiger partial charge < -0.3 is 20.4 Å². The summed E-state index contributed by atoms with van der Waals surface area (Å²) in [5.74, 6) is 0.959. The van der Waals surface area contributed by atoms with Gasteiger partial charge in [0.1, 0.15) is 0 Å². The number of halogens is 1. The zero-order chi connectivity index (χ0) is 18.2. The molecule has 6 heteroatoms. The van der Waals surface area contributed by atoms with Crippen molar-refractivity contribution in [2.75, 3.05) is 52.4 Å². The van der Waals surface area contributed by atoms with Gasteiger partial charge in [-0.15, -0.1) is 24.0 Å². The van der Waals surface area contributed by atoms with E-state index in [1.54, 1.807) is 0 Å². The van der Waals surface area contributed by atoms with Crippen LogP contribution in [0.3, 0.4) is 0 Å². The fourth-order valence-electron chi connectivity index (χ4n) is 2.83. The number of hydrogen-bond donors (Lipinski definition) is 2. The highest BCUT2D eigenvalue weighted by molar-refractivity contribution is 14.0. The molecule has 0 aromatic rings. The van der Waals surface area contributed by atoms with Gasteiger partial charge in [-0.3, -0.25) is 4.99 Å². The number of rotatable bonds is 14. The first kappa shape index (κ1) is 27.1. The molecule has 0 spiro atoms. The summed E-state index contributed by atoms with van der Waals surface area (Å²) in [4.78, 5) is 9.69. The molecule has 0 aliphatic heterocycles. The van der Waals surface area contributed by atoms with Gasteiger partial charge in [0.2, 0.25) is 0 Å². The van der Waals surface area contributed by atoms with Crippen molar-refractivity contribution in [3.63, 3.8) is 0 Å². The van der Waals surface area contributed by atoms with Gasteiger partial charge >= 0.3 is 0 Å². The fraction of sp³-hybridized carbons (Fsp3) is 0.947. The minimum atomic E-state index is 0. The molecular weight excluding hydrogens is 425 g/mol. The SMILES string of the molecule is CCCN(CC)CCN=C(NCC)NC(C)CCCN(CC)CC.I. The lowest BCUT2D eigenvalue weighted by atomic mass is 10.2. The van der Waals surface area contributed by atoms with Crippen LogP contribution < -0.4 is 10.6 Å². The fourth-order valence-corrected chi connectivity index (χ4v) is 2.83. The standard InChI is InChI=1S/C19H43N5.HI/c1-7-15-24(11-5)17-14-21-19(20-8-2)22-18(6)13-12-16-23(9-3)10-4;/h18H,7-17H2,1-6H3,(H2,20,21,22);1H. The molecule has 0 heterocycles. The van der Waals surface area contributed by atoms with E-state index in [1.807, 2.05) is 0 Å². The number of hydrogen-bond acceptors (Lipinski definition) is 3. The predicted molar refractivity (Wildman–Crippen MR) is 123 cm³/mol. The summed E-state index contributed by atoms with van der Waals surface area (Å²) >= 11 is 0.